The first kappa shape index (κ1) is 16.7. The Hall–Kier alpha value is -2.79. The van der Waals surface area contributed by atoms with Crippen molar-refractivity contribution < 1.29 is 9.53 Å². The van der Waals surface area contributed by atoms with Gasteiger partial charge in [-0.2, -0.15) is 0 Å². The molecule has 134 valence electrons. The van der Waals surface area contributed by atoms with E-state index in [0.717, 1.165) is 40.9 Å². The van der Waals surface area contributed by atoms with Crippen molar-refractivity contribution in [3.8, 4) is 5.75 Å². The molecule has 1 aromatic heterocycles. The summed E-state index contributed by atoms with van der Waals surface area (Å²) in [4.78, 5) is 20.7. The number of hydrogen-bond acceptors (Lipinski definition) is 3. The van der Waals surface area contributed by atoms with Crippen molar-refractivity contribution in [1.29, 1.82) is 0 Å². The minimum absolute atomic E-state index is 0.0296. The molecule has 0 bridgehead atoms. The quantitative estimate of drug-likeness (QED) is 0.785. The van der Waals surface area contributed by atoms with Gasteiger partial charge in [0, 0.05) is 35.2 Å². The smallest absolute Gasteiger partial charge is 0.275 e. The van der Waals surface area contributed by atoms with E-state index >= 15 is 0 Å². The lowest BCUT2D eigenvalue weighted by Gasteiger charge is -2.18. The van der Waals surface area contributed by atoms with E-state index in [1.165, 1.54) is 5.56 Å². The van der Waals surface area contributed by atoms with Crippen molar-refractivity contribution in [2.75, 3.05) is 32.6 Å². The van der Waals surface area contributed by atoms with Crippen LogP contribution in [0.5, 0.6) is 5.75 Å². The van der Waals surface area contributed by atoms with Crippen LogP contribution in [0.3, 0.4) is 0 Å². The maximum atomic E-state index is 13.4. The second-order valence-electron chi connectivity index (χ2n) is 6.96. The molecule has 0 saturated carbocycles. The summed E-state index contributed by atoms with van der Waals surface area (Å²) >= 11 is 0. The molecule has 1 aliphatic rings. The minimum Gasteiger partial charge on any atom is -0.497 e. The molecule has 0 aliphatic carbocycles. The average molecular weight is 349 g/mol. The summed E-state index contributed by atoms with van der Waals surface area (Å²) in [6, 6.07) is 14.0. The molecule has 2 heterocycles. The number of H-pyrrole nitrogens is 1. The number of para-hydroxylation sites is 1. The molecule has 0 atom stereocenters. The van der Waals surface area contributed by atoms with Gasteiger partial charge in [-0.15, -0.1) is 0 Å². The van der Waals surface area contributed by atoms with E-state index in [-0.39, 0.29) is 5.91 Å². The number of fused-ring (bicyclic) bond motifs is 2. The Morgan fingerprint density at radius 3 is 2.81 bits per heavy atom. The molecule has 2 aromatic carbocycles. The molecule has 1 N–H and O–H groups in total. The van der Waals surface area contributed by atoms with Crippen LogP contribution in [0.15, 0.2) is 42.5 Å². The molecular formula is C21H23N3O2. The van der Waals surface area contributed by atoms with Crippen LogP contribution in [0.4, 0.5) is 5.69 Å². The summed E-state index contributed by atoms with van der Waals surface area (Å²) < 4.78 is 5.38. The molecule has 0 spiro atoms. The lowest BCUT2D eigenvalue weighted by Crippen LogP contribution is -2.30. The first-order valence-corrected chi connectivity index (χ1v) is 8.81. The lowest BCUT2D eigenvalue weighted by molar-refractivity contribution is 0.0984. The van der Waals surface area contributed by atoms with Crippen molar-refractivity contribution in [3.63, 3.8) is 0 Å². The molecule has 5 nitrogen and oxygen atoms in total. The van der Waals surface area contributed by atoms with E-state index in [0.29, 0.717) is 12.2 Å². The van der Waals surface area contributed by atoms with Crippen molar-refractivity contribution in [1.82, 2.24) is 9.88 Å². The third-order valence-electron chi connectivity index (χ3n) is 4.93. The lowest BCUT2D eigenvalue weighted by atomic mass is 10.1. The van der Waals surface area contributed by atoms with E-state index in [1.807, 2.05) is 55.4 Å². The van der Waals surface area contributed by atoms with E-state index in [9.17, 15) is 4.79 Å². The van der Waals surface area contributed by atoms with Gasteiger partial charge in [-0.1, -0.05) is 18.2 Å². The van der Waals surface area contributed by atoms with Crippen molar-refractivity contribution in [3.05, 3.63) is 59.3 Å². The van der Waals surface area contributed by atoms with Crippen LogP contribution in [0.1, 0.15) is 21.6 Å². The van der Waals surface area contributed by atoms with Crippen LogP contribution >= 0.6 is 0 Å². The summed E-state index contributed by atoms with van der Waals surface area (Å²) in [5.74, 6) is 0.823. The number of rotatable bonds is 4. The van der Waals surface area contributed by atoms with Gasteiger partial charge >= 0.3 is 0 Å². The Labute approximate surface area is 153 Å². The van der Waals surface area contributed by atoms with Gasteiger partial charge in [0.25, 0.3) is 5.91 Å². The van der Waals surface area contributed by atoms with Gasteiger partial charge < -0.3 is 19.5 Å². The highest BCUT2D eigenvalue weighted by atomic mass is 16.5. The number of hydrogen-bond donors (Lipinski definition) is 1. The van der Waals surface area contributed by atoms with Crippen LogP contribution < -0.4 is 9.64 Å². The highest BCUT2D eigenvalue weighted by Gasteiger charge is 2.28. The van der Waals surface area contributed by atoms with E-state index in [4.69, 9.17) is 4.74 Å². The van der Waals surface area contributed by atoms with Crippen molar-refractivity contribution in [2.24, 2.45) is 0 Å². The van der Waals surface area contributed by atoms with Gasteiger partial charge in [-0.05, 0) is 50.3 Å². The fourth-order valence-corrected chi connectivity index (χ4v) is 3.70. The fourth-order valence-electron chi connectivity index (χ4n) is 3.70. The first-order valence-electron chi connectivity index (χ1n) is 8.81. The fraction of sp³-hybridized carbons (Fsp3) is 0.286. The van der Waals surface area contributed by atoms with Crippen LogP contribution in [-0.2, 0) is 13.0 Å². The number of carbonyl (C=O) groups excluding carboxylic acids is 1. The predicted molar refractivity (Wildman–Crippen MR) is 104 cm³/mol. The third-order valence-corrected chi connectivity index (χ3v) is 4.93. The molecule has 0 fully saturated rings. The zero-order chi connectivity index (χ0) is 18.3. The van der Waals surface area contributed by atoms with Gasteiger partial charge in [-0.3, -0.25) is 4.79 Å². The Morgan fingerprint density at radius 2 is 2.04 bits per heavy atom. The predicted octanol–water partition coefficient (Wildman–Crippen LogP) is 3.44. The molecule has 26 heavy (non-hydrogen) atoms. The molecule has 3 aromatic rings. The highest BCUT2D eigenvalue weighted by Crippen LogP contribution is 2.32. The maximum Gasteiger partial charge on any atom is 0.275 e. The first-order chi connectivity index (χ1) is 12.6. The monoisotopic (exact) mass is 349 g/mol. The Bertz CT molecular complexity index is 975. The highest BCUT2D eigenvalue weighted by molar-refractivity contribution is 6.10. The largest absolute Gasteiger partial charge is 0.497 e. The number of benzene rings is 2. The van der Waals surface area contributed by atoms with Gasteiger partial charge in [0.05, 0.1) is 7.11 Å². The number of aromatic amines is 1. The zero-order valence-electron chi connectivity index (χ0n) is 15.4. The van der Waals surface area contributed by atoms with Crippen LogP contribution in [0.25, 0.3) is 10.9 Å². The topological polar surface area (TPSA) is 48.6 Å². The van der Waals surface area contributed by atoms with Gasteiger partial charge in [-0.25, -0.2) is 0 Å². The molecule has 0 saturated heterocycles. The SMILES string of the molecule is COc1ccc2[nH]c(C(=O)N3CCc4ccccc43)c(CN(C)C)c2c1. The van der Waals surface area contributed by atoms with Crippen molar-refractivity contribution in [2.45, 2.75) is 13.0 Å². The van der Waals surface area contributed by atoms with Gasteiger partial charge in [0.1, 0.15) is 11.4 Å². The van der Waals surface area contributed by atoms with Gasteiger partial charge in [0.15, 0.2) is 0 Å². The zero-order valence-corrected chi connectivity index (χ0v) is 15.4. The number of methoxy groups -OCH3 is 1. The van der Waals surface area contributed by atoms with Gasteiger partial charge in [0.2, 0.25) is 0 Å². The number of ether oxygens (including phenoxy) is 1. The second-order valence-corrected chi connectivity index (χ2v) is 6.96. The van der Waals surface area contributed by atoms with Crippen LogP contribution in [0.2, 0.25) is 0 Å². The molecule has 5 heteroatoms. The number of aromatic nitrogens is 1. The Morgan fingerprint density at radius 1 is 1.23 bits per heavy atom. The van der Waals surface area contributed by atoms with Crippen LogP contribution in [0, 0.1) is 0 Å². The molecule has 4 rings (SSSR count). The third kappa shape index (κ3) is 2.74. The molecule has 0 radical (unpaired) electrons. The standard InChI is InChI=1S/C21H23N3O2/c1-23(2)13-17-16-12-15(26-3)8-9-18(16)22-20(17)21(25)24-11-10-14-6-4-5-7-19(14)24/h4-9,12,22H,10-11,13H2,1-3H3. The second kappa shape index (κ2) is 6.50. The minimum atomic E-state index is 0.0296. The van der Waals surface area contributed by atoms with E-state index < -0.39 is 0 Å². The van der Waals surface area contributed by atoms with E-state index in [1.54, 1.807) is 7.11 Å². The summed E-state index contributed by atoms with van der Waals surface area (Å²) in [6.45, 7) is 1.40. The summed E-state index contributed by atoms with van der Waals surface area (Å²) in [6.07, 6.45) is 0.902. The summed E-state index contributed by atoms with van der Waals surface area (Å²) in [5, 5.41) is 1.04. The summed E-state index contributed by atoms with van der Waals surface area (Å²) in [7, 11) is 5.68. The number of amides is 1. The van der Waals surface area contributed by atoms with Crippen molar-refractivity contribution >= 4 is 22.5 Å². The normalized spacial score (nSPS) is 13.5. The van der Waals surface area contributed by atoms with E-state index in [2.05, 4.69) is 16.0 Å². The average Bonchev–Trinajstić information content (AvgIpc) is 3.22. The molecule has 1 aliphatic heterocycles. The molecular weight excluding hydrogens is 326 g/mol. The summed E-state index contributed by atoms with van der Waals surface area (Å²) in [5.41, 5.74) is 4.88. The number of carbonyl (C=O) groups is 1. The number of anilines is 1. The maximum absolute atomic E-state index is 13.4. The Balaban J connectivity index is 1.81. The molecule has 1 amide bonds. The Kier molecular flexibility index (Phi) is 4.17. The number of nitrogens with zero attached hydrogens (tertiary/aromatic N) is 2. The van der Waals surface area contributed by atoms with Crippen LogP contribution in [-0.4, -0.2) is 43.5 Å². The number of nitrogens with one attached hydrogen (secondary N) is 1. The molecule has 0 unspecified atom stereocenters.